The Labute approximate surface area is 168 Å². The minimum Gasteiger partial charge on any atom is -0.454 e. The van der Waals surface area contributed by atoms with Crippen molar-refractivity contribution in [1.82, 2.24) is 4.90 Å². The summed E-state index contributed by atoms with van der Waals surface area (Å²) in [6, 6.07) is 6.75. The van der Waals surface area contributed by atoms with Gasteiger partial charge in [-0.25, -0.2) is 0 Å². The van der Waals surface area contributed by atoms with Crippen LogP contribution in [0.2, 0.25) is 0 Å². The summed E-state index contributed by atoms with van der Waals surface area (Å²) in [5.41, 5.74) is 1.04. The van der Waals surface area contributed by atoms with Crippen molar-refractivity contribution in [2.24, 2.45) is 0 Å². The van der Waals surface area contributed by atoms with Crippen molar-refractivity contribution < 1.29 is 14.3 Å². The third kappa shape index (κ3) is 4.60. The molecule has 2 aliphatic carbocycles. The molecule has 0 unspecified atom stereocenters. The van der Waals surface area contributed by atoms with Gasteiger partial charge in [-0.3, -0.25) is 4.79 Å². The fourth-order valence-corrected chi connectivity index (χ4v) is 4.78. The van der Waals surface area contributed by atoms with Crippen LogP contribution in [-0.4, -0.2) is 29.7 Å². The lowest BCUT2D eigenvalue weighted by Crippen LogP contribution is -2.48. The highest BCUT2D eigenvalue weighted by molar-refractivity contribution is 5.88. The highest BCUT2D eigenvalue weighted by atomic mass is 16.7. The number of nitrogens with zero attached hydrogens (tertiary/aromatic N) is 1. The fourth-order valence-electron chi connectivity index (χ4n) is 4.78. The Bertz CT molecular complexity index is 709. The lowest BCUT2D eigenvalue weighted by molar-refractivity contribution is -0.132. The van der Waals surface area contributed by atoms with Crippen molar-refractivity contribution >= 4 is 12.0 Å². The molecule has 3 aliphatic rings. The van der Waals surface area contributed by atoms with E-state index in [0.29, 0.717) is 12.1 Å². The number of allylic oxidation sites excluding steroid dienone is 2. The summed E-state index contributed by atoms with van der Waals surface area (Å²) >= 11 is 0. The maximum absolute atomic E-state index is 13.1. The van der Waals surface area contributed by atoms with Gasteiger partial charge in [0.15, 0.2) is 11.5 Å². The van der Waals surface area contributed by atoms with Gasteiger partial charge in [0.25, 0.3) is 0 Å². The van der Waals surface area contributed by atoms with Gasteiger partial charge in [0, 0.05) is 18.2 Å². The summed E-state index contributed by atoms with van der Waals surface area (Å²) in [5.74, 6) is 1.76. The molecule has 1 heterocycles. The van der Waals surface area contributed by atoms with Crippen LogP contribution in [-0.2, 0) is 4.79 Å². The Kier molecular flexibility index (Phi) is 6.35. The van der Waals surface area contributed by atoms with Gasteiger partial charge in [0.05, 0.1) is 0 Å². The van der Waals surface area contributed by atoms with Gasteiger partial charge in [-0.1, -0.05) is 62.8 Å². The third-order valence-corrected chi connectivity index (χ3v) is 6.23. The second-order valence-corrected chi connectivity index (χ2v) is 8.16. The van der Waals surface area contributed by atoms with E-state index in [1.54, 1.807) is 6.08 Å². The van der Waals surface area contributed by atoms with Crippen molar-refractivity contribution in [2.75, 3.05) is 6.79 Å². The van der Waals surface area contributed by atoms with Gasteiger partial charge in [0.1, 0.15) is 0 Å². The summed E-state index contributed by atoms with van der Waals surface area (Å²) in [4.78, 5) is 15.3. The van der Waals surface area contributed by atoms with E-state index in [1.807, 2.05) is 36.4 Å². The summed E-state index contributed by atoms with van der Waals surface area (Å²) < 4.78 is 10.8. The highest BCUT2D eigenvalue weighted by Gasteiger charge is 2.31. The van der Waals surface area contributed by atoms with E-state index in [9.17, 15) is 4.79 Å². The van der Waals surface area contributed by atoms with E-state index in [-0.39, 0.29) is 12.7 Å². The van der Waals surface area contributed by atoms with Crippen LogP contribution in [0, 0.1) is 0 Å². The van der Waals surface area contributed by atoms with Crippen LogP contribution in [0.3, 0.4) is 0 Å². The van der Waals surface area contributed by atoms with Crippen LogP contribution < -0.4 is 9.47 Å². The topological polar surface area (TPSA) is 38.8 Å². The van der Waals surface area contributed by atoms with Crippen LogP contribution in [0.25, 0.3) is 6.08 Å². The maximum Gasteiger partial charge on any atom is 0.247 e. The van der Waals surface area contributed by atoms with Gasteiger partial charge in [0.2, 0.25) is 12.7 Å². The molecular weight excluding hydrogens is 350 g/mol. The average Bonchev–Trinajstić information content (AvgIpc) is 3.21. The Balaban J connectivity index is 1.41. The maximum atomic E-state index is 13.1. The fraction of sp³-hybridized carbons (Fsp3) is 0.542. The molecule has 0 bridgehead atoms. The molecule has 4 heteroatoms. The summed E-state index contributed by atoms with van der Waals surface area (Å²) in [5, 5.41) is 0. The molecule has 2 saturated carbocycles. The van der Waals surface area contributed by atoms with Gasteiger partial charge < -0.3 is 14.4 Å². The van der Waals surface area contributed by atoms with Crippen molar-refractivity contribution in [2.45, 2.75) is 76.3 Å². The Hall–Kier alpha value is -2.23. The molecule has 1 aromatic carbocycles. The average molecular weight is 382 g/mol. The molecule has 1 aromatic rings. The van der Waals surface area contributed by atoms with Gasteiger partial charge in [-0.15, -0.1) is 0 Å². The molecule has 0 N–H and O–H groups in total. The molecule has 0 atom stereocenters. The number of carbonyl (C=O) groups is 1. The molecule has 0 aromatic heterocycles. The standard InChI is InChI=1S/C24H31NO3/c26-24(14-8-7-9-19-15-16-22-23(17-19)28-18-27-22)25(20-10-3-1-4-11-20)21-12-5-2-6-13-21/h7-9,14-17,20-21H,1-6,10-13,18H2/b9-7+,14-8+. The number of benzene rings is 1. The number of amides is 1. The van der Waals surface area contributed by atoms with Crippen LogP contribution in [0.5, 0.6) is 11.5 Å². The molecule has 0 saturated heterocycles. The molecule has 0 radical (unpaired) electrons. The zero-order valence-corrected chi connectivity index (χ0v) is 16.6. The van der Waals surface area contributed by atoms with Crippen molar-refractivity contribution in [1.29, 1.82) is 0 Å². The quantitative estimate of drug-likeness (QED) is 0.501. The van der Waals surface area contributed by atoms with E-state index < -0.39 is 0 Å². The third-order valence-electron chi connectivity index (χ3n) is 6.23. The largest absolute Gasteiger partial charge is 0.454 e. The molecular formula is C24H31NO3. The van der Waals surface area contributed by atoms with E-state index in [1.165, 1.54) is 64.2 Å². The number of hydrogen-bond acceptors (Lipinski definition) is 3. The second-order valence-electron chi connectivity index (χ2n) is 8.16. The molecule has 28 heavy (non-hydrogen) atoms. The zero-order valence-electron chi connectivity index (χ0n) is 16.6. The molecule has 4 nitrogen and oxygen atoms in total. The predicted octanol–water partition coefficient (Wildman–Crippen LogP) is 5.48. The SMILES string of the molecule is O=C(/C=C/C=C/c1ccc2c(c1)OCO2)N(C1CCCCC1)C1CCCCC1. The van der Waals surface area contributed by atoms with E-state index in [0.717, 1.165) is 17.1 Å². The first-order valence-electron chi connectivity index (χ1n) is 10.9. The number of rotatable bonds is 5. The zero-order chi connectivity index (χ0) is 19.2. The normalized spacial score (nSPS) is 20.9. The first-order chi connectivity index (χ1) is 13.8. The van der Waals surface area contributed by atoms with Crippen LogP contribution in [0.15, 0.2) is 36.4 Å². The number of ether oxygens (including phenoxy) is 2. The van der Waals surface area contributed by atoms with Gasteiger partial charge in [-0.2, -0.15) is 0 Å². The molecule has 4 rings (SSSR count). The Morgan fingerprint density at radius 3 is 2.18 bits per heavy atom. The smallest absolute Gasteiger partial charge is 0.247 e. The number of fused-ring (bicyclic) bond motifs is 1. The molecule has 150 valence electrons. The molecule has 2 fully saturated rings. The minimum absolute atomic E-state index is 0.189. The van der Waals surface area contributed by atoms with Crippen LogP contribution in [0.1, 0.15) is 69.8 Å². The monoisotopic (exact) mass is 381 g/mol. The number of carbonyl (C=O) groups excluding carboxylic acids is 1. The van der Waals surface area contributed by atoms with Crippen molar-refractivity contribution in [3.05, 3.63) is 42.0 Å². The Morgan fingerprint density at radius 2 is 1.50 bits per heavy atom. The summed E-state index contributed by atoms with van der Waals surface area (Å²) in [7, 11) is 0. The lowest BCUT2D eigenvalue weighted by atomic mass is 9.88. The van der Waals surface area contributed by atoms with Gasteiger partial charge in [-0.05, 0) is 43.4 Å². The van der Waals surface area contributed by atoms with Crippen LogP contribution in [0.4, 0.5) is 0 Å². The first-order valence-corrected chi connectivity index (χ1v) is 10.9. The molecule has 1 amide bonds. The number of hydrogen-bond donors (Lipinski definition) is 0. The van der Waals surface area contributed by atoms with E-state index in [2.05, 4.69) is 4.90 Å². The lowest BCUT2D eigenvalue weighted by Gasteiger charge is -2.41. The highest BCUT2D eigenvalue weighted by Crippen LogP contribution is 2.33. The summed E-state index contributed by atoms with van der Waals surface area (Å²) in [6.07, 6.45) is 19.9. The second kappa shape index (κ2) is 9.31. The van der Waals surface area contributed by atoms with Crippen molar-refractivity contribution in [3.8, 4) is 11.5 Å². The van der Waals surface area contributed by atoms with E-state index >= 15 is 0 Å². The van der Waals surface area contributed by atoms with Crippen LogP contribution >= 0.6 is 0 Å². The molecule has 1 aliphatic heterocycles. The van der Waals surface area contributed by atoms with Gasteiger partial charge >= 0.3 is 0 Å². The first kappa shape index (κ1) is 19.1. The van der Waals surface area contributed by atoms with E-state index in [4.69, 9.17) is 9.47 Å². The molecule has 0 spiro atoms. The minimum atomic E-state index is 0.189. The van der Waals surface area contributed by atoms with Crippen molar-refractivity contribution in [3.63, 3.8) is 0 Å². The predicted molar refractivity (Wildman–Crippen MR) is 111 cm³/mol. The summed E-state index contributed by atoms with van der Waals surface area (Å²) in [6.45, 7) is 0.287. The Morgan fingerprint density at radius 1 is 0.857 bits per heavy atom.